The molecule has 0 nitrogen and oxygen atoms in total. The van der Waals surface area contributed by atoms with Crippen molar-refractivity contribution in [3.63, 3.8) is 0 Å². The molecule has 0 fully saturated rings. The summed E-state index contributed by atoms with van der Waals surface area (Å²) in [7, 11) is 0. The van der Waals surface area contributed by atoms with Crippen LogP contribution >= 0.6 is 22.6 Å². The van der Waals surface area contributed by atoms with Crippen molar-refractivity contribution in [1.29, 1.82) is 0 Å². The van der Waals surface area contributed by atoms with Crippen LogP contribution in [0.25, 0.3) is 22.3 Å². The molecule has 0 heterocycles. The number of halogens is 5. The molecule has 0 atom stereocenters. The van der Waals surface area contributed by atoms with E-state index in [-0.39, 0.29) is 20.3 Å². The summed E-state index contributed by atoms with van der Waals surface area (Å²) in [4.78, 5) is 0. The lowest BCUT2D eigenvalue weighted by Gasteiger charge is -2.11. The smallest absolute Gasteiger partial charge is 0.172 e. The predicted octanol–water partition coefficient (Wildman–Crippen LogP) is 7.13. The van der Waals surface area contributed by atoms with E-state index in [1.165, 1.54) is 12.1 Å². The fourth-order valence-corrected chi connectivity index (χ4v) is 3.30. The van der Waals surface area contributed by atoms with Crippen molar-refractivity contribution in [3.05, 3.63) is 80.9 Å². The molecule has 0 aliphatic heterocycles. The van der Waals surface area contributed by atoms with Crippen LogP contribution in [0.2, 0.25) is 0 Å². The molecule has 5 heteroatoms. The molecule has 134 valence electrons. The van der Waals surface area contributed by atoms with Crippen molar-refractivity contribution in [2.24, 2.45) is 0 Å². The van der Waals surface area contributed by atoms with E-state index in [2.05, 4.69) is 6.92 Å². The van der Waals surface area contributed by atoms with E-state index >= 15 is 0 Å². The lowest BCUT2D eigenvalue weighted by Crippen LogP contribution is -1.97. The van der Waals surface area contributed by atoms with Gasteiger partial charge in [0.25, 0.3) is 0 Å². The number of hydrogen-bond acceptors (Lipinski definition) is 0. The predicted molar refractivity (Wildman–Crippen MR) is 104 cm³/mol. The Morgan fingerprint density at radius 3 is 1.96 bits per heavy atom. The third-order valence-electron chi connectivity index (χ3n) is 4.17. The summed E-state index contributed by atoms with van der Waals surface area (Å²) in [5, 5.41) is 0. The summed E-state index contributed by atoms with van der Waals surface area (Å²) in [6.07, 6.45) is 1.87. The summed E-state index contributed by atoms with van der Waals surface area (Å²) in [5.41, 5.74) is 1.10. The van der Waals surface area contributed by atoms with Crippen LogP contribution in [0.4, 0.5) is 17.6 Å². The summed E-state index contributed by atoms with van der Waals surface area (Å²) in [5.74, 6) is -3.78. The Labute approximate surface area is 163 Å². The van der Waals surface area contributed by atoms with Gasteiger partial charge in [0.05, 0.1) is 9.13 Å². The van der Waals surface area contributed by atoms with Gasteiger partial charge in [-0.15, -0.1) is 0 Å². The molecule has 0 aromatic heterocycles. The van der Waals surface area contributed by atoms with Gasteiger partial charge in [-0.25, -0.2) is 17.6 Å². The van der Waals surface area contributed by atoms with Crippen LogP contribution < -0.4 is 0 Å². The highest BCUT2D eigenvalue weighted by molar-refractivity contribution is 14.1. The van der Waals surface area contributed by atoms with Gasteiger partial charge >= 0.3 is 0 Å². The zero-order valence-electron chi connectivity index (χ0n) is 13.9. The Balaban J connectivity index is 2.05. The van der Waals surface area contributed by atoms with Gasteiger partial charge < -0.3 is 0 Å². The summed E-state index contributed by atoms with van der Waals surface area (Å²) in [6, 6.07) is 11.7. The molecule has 0 bridgehead atoms. The largest absolute Gasteiger partial charge is 0.206 e. The van der Waals surface area contributed by atoms with E-state index in [9.17, 15) is 17.6 Å². The second-order valence-electron chi connectivity index (χ2n) is 5.98. The zero-order valence-corrected chi connectivity index (χ0v) is 16.1. The molecular weight excluding hydrogens is 455 g/mol. The van der Waals surface area contributed by atoms with Gasteiger partial charge in [0.15, 0.2) is 11.6 Å². The van der Waals surface area contributed by atoms with E-state index in [4.69, 9.17) is 0 Å². The molecule has 0 saturated heterocycles. The van der Waals surface area contributed by atoms with Crippen LogP contribution in [-0.2, 0) is 6.42 Å². The molecule has 26 heavy (non-hydrogen) atoms. The van der Waals surface area contributed by atoms with Gasteiger partial charge in [0.2, 0.25) is 0 Å². The average Bonchev–Trinajstić information content (AvgIpc) is 2.61. The monoisotopic (exact) mass is 470 g/mol. The highest BCUT2D eigenvalue weighted by atomic mass is 127. The maximum atomic E-state index is 14.6. The first-order chi connectivity index (χ1) is 12.4. The molecule has 0 saturated carbocycles. The Hall–Kier alpha value is -1.89. The minimum atomic E-state index is -1.12. The molecule has 0 radical (unpaired) electrons. The molecule has 0 N–H and O–H groups in total. The number of rotatable bonds is 4. The maximum Gasteiger partial charge on any atom is 0.172 e. The maximum absolute atomic E-state index is 14.6. The standard InChI is InChI=1S/C21H15F4I/c1-2-3-12-4-6-13(7-5-12)19-16(22)10-14(11-17(19)23)15-8-9-18(26)21(25)20(15)24/h4-11H,2-3H2,1H3. The second kappa shape index (κ2) is 7.78. The molecule has 0 unspecified atom stereocenters. The molecule has 0 aliphatic rings. The first kappa shape index (κ1) is 18.9. The quantitative estimate of drug-likeness (QED) is 0.216. The van der Waals surface area contributed by atoms with Gasteiger partial charge in [0.1, 0.15) is 11.6 Å². The minimum absolute atomic E-state index is 0.0425. The minimum Gasteiger partial charge on any atom is -0.206 e. The van der Waals surface area contributed by atoms with Crippen molar-refractivity contribution in [1.82, 2.24) is 0 Å². The molecule has 3 rings (SSSR count). The highest BCUT2D eigenvalue weighted by Crippen LogP contribution is 2.33. The lowest BCUT2D eigenvalue weighted by atomic mass is 9.97. The normalized spacial score (nSPS) is 11.0. The van der Waals surface area contributed by atoms with Crippen LogP contribution in [0.15, 0.2) is 48.5 Å². The van der Waals surface area contributed by atoms with Gasteiger partial charge in [0, 0.05) is 5.56 Å². The Kier molecular flexibility index (Phi) is 5.65. The van der Waals surface area contributed by atoms with Crippen LogP contribution in [0.5, 0.6) is 0 Å². The van der Waals surface area contributed by atoms with Crippen LogP contribution in [0.1, 0.15) is 18.9 Å². The summed E-state index contributed by atoms with van der Waals surface area (Å²) < 4.78 is 57.2. The van der Waals surface area contributed by atoms with E-state index in [0.717, 1.165) is 30.5 Å². The highest BCUT2D eigenvalue weighted by Gasteiger charge is 2.18. The van der Waals surface area contributed by atoms with Crippen molar-refractivity contribution in [2.75, 3.05) is 0 Å². The Morgan fingerprint density at radius 1 is 0.769 bits per heavy atom. The fraction of sp³-hybridized carbons (Fsp3) is 0.143. The van der Waals surface area contributed by atoms with E-state index < -0.39 is 23.3 Å². The first-order valence-corrected chi connectivity index (χ1v) is 9.22. The van der Waals surface area contributed by atoms with E-state index in [1.807, 2.05) is 12.1 Å². The SMILES string of the molecule is CCCc1ccc(-c2c(F)cc(-c3ccc(I)c(F)c3F)cc2F)cc1. The van der Waals surface area contributed by atoms with Crippen LogP contribution in [0, 0.1) is 26.8 Å². The Morgan fingerprint density at radius 2 is 1.38 bits per heavy atom. The third-order valence-corrected chi connectivity index (χ3v) is 5.00. The van der Waals surface area contributed by atoms with Gasteiger partial charge in [-0.2, -0.15) is 0 Å². The molecule has 0 amide bonds. The first-order valence-electron chi connectivity index (χ1n) is 8.14. The topological polar surface area (TPSA) is 0 Å². The van der Waals surface area contributed by atoms with Crippen LogP contribution in [-0.4, -0.2) is 0 Å². The van der Waals surface area contributed by atoms with Gasteiger partial charge in [-0.3, -0.25) is 0 Å². The van der Waals surface area contributed by atoms with Crippen molar-refractivity contribution in [3.8, 4) is 22.3 Å². The van der Waals surface area contributed by atoms with Crippen molar-refractivity contribution >= 4 is 22.6 Å². The number of hydrogen-bond donors (Lipinski definition) is 0. The number of aryl methyl sites for hydroxylation is 1. The lowest BCUT2D eigenvalue weighted by molar-refractivity contribution is 0.506. The molecule has 0 aliphatic carbocycles. The molecular formula is C21H15F4I. The Bertz CT molecular complexity index is 926. The zero-order chi connectivity index (χ0) is 18.8. The third kappa shape index (κ3) is 3.63. The molecule has 3 aromatic rings. The molecule has 0 spiro atoms. The van der Waals surface area contributed by atoms with Gasteiger partial charge in [-0.1, -0.05) is 43.7 Å². The summed E-state index contributed by atoms with van der Waals surface area (Å²) >= 11 is 1.66. The number of benzene rings is 3. The van der Waals surface area contributed by atoms with Crippen LogP contribution in [0.3, 0.4) is 0 Å². The second-order valence-corrected chi connectivity index (χ2v) is 7.15. The van der Waals surface area contributed by atoms with Crippen molar-refractivity contribution < 1.29 is 17.6 Å². The van der Waals surface area contributed by atoms with Crippen molar-refractivity contribution in [2.45, 2.75) is 19.8 Å². The fourth-order valence-electron chi connectivity index (χ4n) is 2.88. The van der Waals surface area contributed by atoms with E-state index in [0.29, 0.717) is 5.56 Å². The van der Waals surface area contributed by atoms with E-state index in [1.54, 1.807) is 34.7 Å². The molecule has 3 aromatic carbocycles. The van der Waals surface area contributed by atoms with Gasteiger partial charge in [-0.05, 0) is 63.9 Å². The summed E-state index contributed by atoms with van der Waals surface area (Å²) in [6.45, 7) is 2.05. The average molecular weight is 470 g/mol.